The van der Waals surface area contributed by atoms with Gasteiger partial charge in [-0.3, -0.25) is 10.1 Å². The lowest BCUT2D eigenvalue weighted by Crippen LogP contribution is -2.39. The van der Waals surface area contributed by atoms with E-state index < -0.39 is 11.9 Å². The van der Waals surface area contributed by atoms with E-state index in [9.17, 15) is 9.59 Å². The minimum absolute atomic E-state index is 0.123. The zero-order valence-electron chi connectivity index (χ0n) is 15.3. The highest BCUT2D eigenvalue weighted by molar-refractivity contribution is 7.99. The monoisotopic (exact) mass is 430 g/mol. The van der Waals surface area contributed by atoms with Gasteiger partial charge in [0.25, 0.3) is 0 Å². The molecule has 4 N–H and O–H groups in total. The topological polar surface area (TPSA) is 115 Å². The van der Waals surface area contributed by atoms with E-state index >= 15 is 0 Å². The van der Waals surface area contributed by atoms with E-state index in [-0.39, 0.29) is 6.42 Å². The molecule has 0 saturated carbocycles. The highest BCUT2D eigenvalue weighted by atomic mass is 35.5. The number of hydrogen-bond acceptors (Lipinski definition) is 6. The number of thioether (sulfide) groups is 1. The zero-order valence-corrected chi connectivity index (χ0v) is 16.9. The van der Waals surface area contributed by atoms with E-state index in [2.05, 4.69) is 20.8 Å². The van der Waals surface area contributed by atoms with Crippen LogP contribution in [0.5, 0.6) is 0 Å². The molecule has 0 fully saturated rings. The van der Waals surface area contributed by atoms with E-state index in [1.165, 1.54) is 16.4 Å². The van der Waals surface area contributed by atoms with Gasteiger partial charge in [0.1, 0.15) is 0 Å². The number of carbonyl (C=O) groups excluding carboxylic acids is 2. The number of aromatic nitrogens is 3. The summed E-state index contributed by atoms with van der Waals surface area (Å²) in [6.45, 7) is 0.343. The van der Waals surface area contributed by atoms with Crippen molar-refractivity contribution in [2.45, 2.75) is 18.1 Å². The van der Waals surface area contributed by atoms with Crippen molar-refractivity contribution in [1.29, 1.82) is 0 Å². The van der Waals surface area contributed by atoms with Crippen LogP contribution in [0.2, 0.25) is 5.02 Å². The number of hydrogen-bond donors (Lipinski definition) is 3. The first-order chi connectivity index (χ1) is 14.0. The maximum atomic E-state index is 11.9. The van der Waals surface area contributed by atoms with Gasteiger partial charge in [0.15, 0.2) is 5.82 Å². The summed E-state index contributed by atoms with van der Waals surface area (Å²) >= 11 is 7.43. The number of nitrogens with two attached hydrogens (primary N) is 1. The van der Waals surface area contributed by atoms with E-state index in [0.29, 0.717) is 33.9 Å². The molecule has 29 heavy (non-hydrogen) atoms. The van der Waals surface area contributed by atoms with Crippen molar-refractivity contribution in [3.05, 3.63) is 65.2 Å². The maximum absolute atomic E-state index is 11.9. The molecule has 0 bridgehead atoms. The Bertz CT molecular complexity index is 995. The van der Waals surface area contributed by atoms with Crippen LogP contribution in [-0.4, -0.2) is 32.6 Å². The zero-order chi connectivity index (χ0) is 20.6. The summed E-state index contributed by atoms with van der Waals surface area (Å²) in [5.74, 6) is 6.47. The van der Waals surface area contributed by atoms with E-state index in [4.69, 9.17) is 17.4 Å². The molecule has 0 aliphatic carbocycles. The first kappa shape index (κ1) is 20.7. The number of nitrogens with one attached hydrogen (secondary N) is 2. The molecule has 0 radical (unpaired) electrons. The van der Waals surface area contributed by atoms with Gasteiger partial charge in [0.05, 0.1) is 5.02 Å². The summed E-state index contributed by atoms with van der Waals surface area (Å²) in [5, 5.41) is 14.0. The number of nitrogen functional groups attached to an aromatic ring is 1. The Hall–Kier alpha value is -3.04. The molecule has 2 aromatic carbocycles. The van der Waals surface area contributed by atoms with Crippen LogP contribution in [0, 0.1) is 0 Å². The summed E-state index contributed by atoms with van der Waals surface area (Å²) in [4.78, 5) is 23.7. The van der Waals surface area contributed by atoms with Crippen LogP contribution in [0.3, 0.4) is 0 Å². The minimum Gasteiger partial charge on any atom is -0.335 e. The molecular weight excluding hydrogens is 412 g/mol. The molecule has 0 unspecified atom stereocenters. The Labute approximate surface area is 176 Å². The van der Waals surface area contributed by atoms with Gasteiger partial charge in [-0.25, -0.2) is 9.47 Å². The fraction of sp³-hybridized carbons (Fsp3) is 0.158. The predicted molar refractivity (Wildman–Crippen MR) is 113 cm³/mol. The molecule has 0 atom stereocenters. The van der Waals surface area contributed by atoms with E-state index in [1.807, 2.05) is 42.5 Å². The third-order valence-electron chi connectivity index (χ3n) is 3.89. The molecule has 3 aromatic rings. The lowest BCUT2D eigenvalue weighted by atomic mass is 10.2. The van der Waals surface area contributed by atoms with Crippen LogP contribution >= 0.6 is 23.4 Å². The molecule has 0 spiro atoms. The molecule has 0 saturated heterocycles. The van der Waals surface area contributed by atoms with Gasteiger partial charge in [0, 0.05) is 24.3 Å². The number of imide groups is 1. The number of amides is 3. The molecule has 3 amide bonds. The number of rotatable bonds is 7. The van der Waals surface area contributed by atoms with Gasteiger partial charge in [-0.2, -0.15) is 0 Å². The Morgan fingerprint density at radius 1 is 1.07 bits per heavy atom. The molecule has 8 nitrogen and oxygen atoms in total. The average molecular weight is 431 g/mol. The van der Waals surface area contributed by atoms with Crippen molar-refractivity contribution < 1.29 is 9.59 Å². The first-order valence-electron chi connectivity index (χ1n) is 8.74. The third kappa shape index (κ3) is 5.72. The van der Waals surface area contributed by atoms with Gasteiger partial charge in [0.2, 0.25) is 11.1 Å². The predicted octanol–water partition coefficient (Wildman–Crippen LogP) is 2.82. The number of nitrogens with zero attached hydrogens (tertiary/aromatic N) is 3. The summed E-state index contributed by atoms with van der Waals surface area (Å²) in [7, 11) is 0. The SMILES string of the molecule is Nn1c(SCCC(=O)NC(=O)NCc2ccccc2)nnc1-c1ccccc1Cl. The maximum Gasteiger partial charge on any atom is 0.321 e. The van der Waals surface area contributed by atoms with Crippen molar-refractivity contribution in [2.75, 3.05) is 11.6 Å². The van der Waals surface area contributed by atoms with Gasteiger partial charge >= 0.3 is 6.03 Å². The van der Waals surface area contributed by atoms with E-state index in [0.717, 1.165) is 5.56 Å². The van der Waals surface area contributed by atoms with E-state index in [1.54, 1.807) is 12.1 Å². The van der Waals surface area contributed by atoms with Crippen molar-refractivity contribution in [3.8, 4) is 11.4 Å². The van der Waals surface area contributed by atoms with Gasteiger partial charge in [-0.15, -0.1) is 10.2 Å². The molecule has 0 aliphatic heterocycles. The second-order valence-electron chi connectivity index (χ2n) is 5.97. The van der Waals surface area contributed by atoms with Crippen LogP contribution < -0.4 is 16.5 Å². The van der Waals surface area contributed by atoms with Gasteiger partial charge in [-0.05, 0) is 17.7 Å². The van der Waals surface area contributed by atoms with Gasteiger partial charge in [-0.1, -0.05) is 65.8 Å². The number of halogens is 1. The molecule has 1 heterocycles. The molecule has 0 aliphatic rings. The largest absolute Gasteiger partial charge is 0.335 e. The molecule has 10 heteroatoms. The second kappa shape index (κ2) is 9.94. The van der Waals surface area contributed by atoms with Crippen molar-refractivity contribution in [2.24, 2.45) is 0 Å². The van der Waals surface area contributed by atoms with Crippen molar-refractivity contribution in [3.63, 3.8) is 0 Å². The Morgan fingerprint density at radius 2 is 1.79 bits per heavy atom. The third-order valence-corrected chi connectivity index (χ3v) is 5.16. The Kier molecular flexibility index (Phi) is 7.09. The Balaban J connectivity index is 1.45. The normalized spacial score (nSPS) is 10.5. The standard InChI is InChI=1S/C19H19ClN6O2S/c20-15-9-5-4-8-14(15)17-24-25-19(26(17)21)29-11-10-16(27)23-18(28)22-12-13-6-2-1-3-7-13/h1-9H,10-12,21H2,(H2,22,23,27,28). The van der Waals surface area contributed by atoms with Crippen LogP contribution in [-0.2, 0) is 11.3 Å². The van der Waals surface area contributed by atoms with Crippen molar-refractivity contribution in [1.82, 2.24) is 25.5 Å². The fourth-order valence-corrected chi connectivity index (χ4v) is 3.46. The lowest BCUT2D eigenvalue weighted by molar-refractivity contribution is -0.119. The molecule has 1 aromatic heterocycles. The lowest BCUT2D eigenvalue weighted by Gasteiger charge is -2.07. The highest BCUT2D eigenvalue weighted by Crippen LogP contribution is 2.27. The van der Waals surface area contributed by atoms with Crippen LogP contribution in [0.4, 0.5) is 4.79 Å². The summed E-state index contributed by atoms with van der Waals surface area (Å²) in [6, 6.07) is 16.1. The van der Waals surface area contributed by atoms with Crippen LogP contribution in [0.25, 0.3) is 11.4 Å². The smallest absolute Gasteiger partial charge is 0.321 e. The fourth-order valence-electron chi connectivity index (χ4n) is 2.45. The Morgan fingerprint density at radius 3 is 2.55 bits per heavy atom. The van der Waals surface area contributed by atoms with Crippen LogP contribution in [0.15, 0.2) is 59.8 Å². The summed E-state index contributed by atoms with van der Waals surface area (Å²) in [5.41, 5.74) is 1.62. The van der Waals surface area contributed by atoms with Crippen LogP contribution in [0.1, 0.15) is 12.0 Å². The minimum atomic E-state index is -0.535. The number of carbonyl (C=O) groups is 2. The average Bonchev–Trinajstić information content (AvgIpc) is 3.08. The number of benzene rings is 2. The molecule has 3 rings (SSSR count). The highest BCUT2D eigenvalue weighted by Gasteiger charge is 2.15. The molecule has 150 valence electrons. The summed E-state index contributed by atoms with van der Waals surface area (Å²) in [6.07, 6.45) is 0.123. The summed E-state index contributed by atoms with van der Waals surface area (Å²) < 4.78 is 1.33. The number of urea groups is 1. The second-order valence-corrected chi connectivity index (χ2v) is 7.44. The van der Waals surface area contributed by atoms with Crippen molar-refractivity contribution >= 4 is 35.3 Å². The molecular formula is C19H19ClN6O2S. The first-order valence-corrected chi connectivity index (χ1v) is 10.1. The quantitative estimate of drug-likeness (QED) is 0.392. The van der Waals surface area contributed by atoms with Gasteiger partial charge < -0.3 is 11.2 Å².